The Bertz CT molecular complexity index is 958. The Kier molecular flexibility index (Phi) is 6.55. The van der Waals surface area contributed by atoms with Gasteiger partial charge < -0.3 is 4.90 Å². The minimum atomic E-state index is -4.95. The summed E-state index contributed by atoms with van der Waals surface area (Å²) in [5.41, 5.74) is 1.11. The van der Waals surface area contributed by atoms with Gasteiger partial charge in [0.05, 0.1) is 4.90 Å². The van der Waals surface area contributed by atoms with Gasteiger partial charge in [-0.2, -0.15) is 17.5 Å². The van der Waals surface area contributed by atoms with E-state index in [2.05, 4.69) is 0 Å². The first-order chi connectivity index (χ1) is 13.7. The fourth-order valence-electron chi connectivity index (χ4n) is 2.93. The van der Waals surface area contributed by atoms with Gasteiger partial charge in [-0.25, -0.2) is 8.42 Å². The molecule has 0 aliphatic carbocycles. The van der Waals surface area contributed by atoms with E-state index < -0.39 is 22.1 Å². The number of thioether (sulfide) groups is 1. The summed E-state index contributed by atoms with van der Waals surface area (Å²) in [7, 11) is -3.85. The van der Waals surface area contributed by atoms with Gasteiger partial charge in [0.1, 0.15) is 0 Å². The summed E-state index contributed by atoms with van der Waals surface area (Å²) in [6, 6.07) is 16.2. The van der Waals surface area contributed by atoms with Crippen LogP contribution in [-0.4, -0.2) is 55.9 Å². The molecule has 0 N–H and O–H groups in total. The highest BCUT2D eigenvalue weighted by atomic mass is 32.2. The molecule has 156 valence electrons. The summed E-state index contributed by atoms with van der Waals surface area (Å²) in [4.78, 5) is 12.8. The summed E-state index contributed by atoms with van der Waals surface area (Å²) in [5, 5.41) is 0. The van der Waals surface area contributed by atoms with Crippen LogP contribution in [0.15, 0.2) is 64.4 Å². The van der Waals surface area contributed by atoms with E-state index in [1.54, 1.807) is 12.1 Å². The summed E-state index contributed by atoms with van der Waals surface area (Å²) in [6.07, 6.45) is -4.95. The predicted molar refractivity (Wildman–Crippen MR) is 104 cm³/mol. The molecule has 0 atom stereocenters. The maximum atomic E-state index is 12.9. The molecule has 0 aromatic heterocycles. The first-order valence-electron chi connectivity index (χ1n) is 8.81. The first kappa shape index (κ1) is 21.7. The number of hydrogen-bond donors (Lipinski definition) is 0. The maximum Gasteiger partial charge on any atom is 0.471 e. The van der Waals surface area contributed by atoms with Crippen molar-refractivity contribution >= 4 is 27.7 Å². The molecule has 0 radical (unpaired) electrons. The topological polar surface area (TPSA) is 57.7 Å². The van der Waals surface area contributed by atoms with Crippen LogP contribution in [0.1, 0.15) is 5.56 Å². The van der Waals surface area contributed by atoms with Crippen LogP contribution in [0.3, 0.4) is 0 Å². The van der Waals surface area contributed by atoms with Crippen molar-refractivity contribution in [3.63, 3.8) is 0 Å². The Hall–Kier alpha value is -2.04. The Morgan fingerprint density at radius 1 is 0.966 bits per heavy atom. The molecule has 3 rings (SSSR count). The van der Waals surface area contributed by atoms with Crippen LogP contribution in [0.5, 0.6) is 0 Å². The highest BCUT2D eigenvalue weighted by Crippen LogP contribution is 2.27. The fraction of sp³-hybridized carbons (Fsp3) is 0.316. The third kappa shape index (κ3) is 5.31. The zero-order chi connectivity index (χ0) is 21.1. The molecule has 0 saturated carbocycles. The van der Waals surface area contributed by atoms with Crippen LogP contribution in [0.4, 0.5) is 13.2 Å². The van der Waals surface area contributed by atoms with Crippen LogP contribution < -0.4 is 0 Å². The Balaban J connectivity index is 1.66. The summed E-state index contributed by atoms with van der Waals surface area (Å²) in [6.45, 7) is -0.933. The number of halogens is 3. The van der Waals surface area contributed by atoms with E-state index >= 15 is 0 Å². The average molecular weight is 445 g/mol. The van der Waals surface area contributed by atoms with Crippen LogP contribution in [-0.2, 0) is 20.6 Å². The molecule has 2 aromatic carbocycles. The van der Waals surface area contributed by atoms with Crippen molar-refractivity contribution in [2.24, 2.45) is 0 Å². The fourth-order valence-corrected chi connectivity index (χ4v) is 5.38. The number of rotatable bonds is 5. The Morgan fingerprint density at radius 2 is 1.62 bits per heavy atom. The van der Waals surface area contributed by atoms with Crippen LogP contribution in [0.25, 0.3) is 0 Å². The minimum Gasteiger partial charge on any atom is -0.332 e. The molecule has 2 aromatic rings. The lowest BCUT2D eigenvalue weighted by atomic mass is 10.2. The zero-order valence-electron chi connectivity index (χ0n) is 15.3. The molecule has 0 spiro atoms. The van der Waals surface area contributed by atoms with Crippen LogP contribution >= 0.6 is 11.8 Å². The molecule has 1 saturated heterocycles. The second-order valence-electron chi connectivity index (χ2n) is 6.44. The van der Waals surface area contributed by atoms with Gasteiger partial charge in [0.2, 0.25) is 10.0 Å². The lowest BCUT2D eigenvalue weighted by molar-refractivity contribution is -0.186. The summed E-state index contributed by atoms with van der Waals surface area (Å²) >= 11 is 1.50. The molecule has 1 fully saturated rings. The standard InChI is InChI=1S/C19H19F3N2O3S2/c20-19(21,22)18(25)23-9-11-24(12-10-23)29(26,27)17-8-4-7-16(13-17)28-14-15-5-2-1-3-6-15/h1-8,13H,9-12,14H2. The van der Waals surface area contributed by atoms with Gasteiger partial charge in [0, 0.05) is 36.8 Å². The van der Waals surface area contributed by atoms with Crippen molar-refractivity contribution in [3.05, 3.63) is 60.2 Å². The van der Waals surface area contributed by atoms with Crippen molar-refractivity contribution in [1.29, 1.82) is 0 Å². The van der Waals surface area contributed by atoms with Gasteiger partial charge in [-0.05, 0) is 23.8 Å². The molecule has 1 aliphatic rings. The van der Waals surface area contributed by atoms with Gasteiger partial charge in [-0.15, -0.1) is 11.8 Å². The van der Waals surface area contributed by atoms with Gasteiger partial charge >= 0.3 is 12.1 Å². The summed E-state index contributed by atoms with van der Waals surface area (Å²) in [5.74, 6) is -1.25. The van der Waals surface area contributed by atoms with E-state index in [1.165, 1.54) is 17.8 Å². The highest BCUT2D eigenvalue weighted by molar-refractivity contribution is 7.98. The Labute approximate surface area is 171 Å². The maximum absolute atomic E-state index is 12.9. The number of nitrogens with zero attached hydrogens (tertiary/aromatic N) is 2. The normalized spacial score (nSPS) is 16.0. The van der Waals surface area contributed by atoms with Crippen molar-refractivity contribution in [2.45, 2.75) is 21.7 Å². The molecule has 10 heteroatoms. The van der Waals surface area contributed by atoms with Gasteiger partial charge in [-0.1, -0.05) is 36.4 Å². The molecule has 1 heterocycles. The second-order valence-corrected chi connectivity index (χ2v) is 9.43. The first-order valence-corrected chi connectivity index (χ1v) is 11.2. The van der Waals surface area contributed by atoms with E-state index in [0.29, 0.717) is 10.7 Å². The van der Waals surface area contributed by atoms with E-state index in [1.807, 2.05) is 36.4 Å². The highest BCUT2D eigenvalue weighted by Gasteiger charge is 2.44. The monoisotopic (exact) mass is 444 g/mol. The number of amides is 1. The number of benzene rings is 2. The number of piperazine rings is 1. The smallest absolute Gasteiger partial charge is 0.332 e. The molecule has 0 unspecified atom stereocenters. The van der Waals surface area contributed by atoms with Crippen LogP contribution in [0.2, 0.25) is 0 Å². The number of hydrogen-bond acceptors (Lipinski definition) is 4. The minimum absolute atomic E-state index is 0.0890. The molecule has 0 bridgehead atoms. The molecule has 1 amide bonds. The predicted octanol–water partition coefficient (Wildman–Crippen LogP) is 3.37. The molecule has 5 nitrogen and oxygen atoms in total. The van der Waals surface area contributed by atoms with E-state index in [9.17, 15) is 26.4 Å². The number of sulfonamides is 1. The molecular formula is C19H19F3N2O3S2. The number of carbonyl (C=O) groups excluding carboxylic acids is 1. The largest absolute Gasteiger partial charge is 0.471 e. The van der Waals surface area contributed by atoms with Crippen LogP contribution in [0, 0.1) is 0 Å². The SMILES string of the molecule is O=C(N1CCN(S(=O)(=O)c2cccc(SCc3ccccc3)c2)CC1)C(F)(F)F. The van der Waals surface area contributed by atoms with E-state index in [-0.39, 0.29) is 31.1 Å². The van der Waals surface area contributed by atoms with Gasteiger partial charge in [0.15, 0.2) is 0 Å². The zero-order valence-corrected chi connectivity index (χ0v) is 16.9. The second kappa shape index (κ2) is 8.76. The molecule has 1 aliphatic heterocycles. The quantitative estimate of drug-likeness (QED) is 0.664. The van der Waals surface area contributed by atoms with Gasteiger partial charge in [-0.3, -0.25) is 4.79 Å². The van der Waals surface area contributed by atoms with Crippen molar-refractivity contribution < 1.29 is 26.4 Å². The third-order valence-electron chi connectivity index (χ3n) is 4.46. The van der Waals surface area contributed by atoms with Crippen molar-refractivity contribution in [2.75, 3.05) is 26.2 Å². The average Bonchev–Trinajstić information content (AvgIpc) is 2.72. The number of carbonyl (C=O) groups is 1. The van der Waals surface area contributed by atoms with Crippen molar-refractivity contribution in [1.82, 2.24) is 9.21 Å². The number of alkyl halides is 3. The molecular weight excluding hydrogens is 425 g/mol. The van der Waals surface area contributed by atoms with E-state index in [0.717, 1.165) is 14.8 Å². The van der Waals surface area contributed by atoms with Crippen molar-refractivity contribution in [3.8, 4) is 0 Å². The van der Waals surface area contributed by atoms with E-state index in [4.69, 9.17) is 0 Å². The van der Waals surface area contributed by atoms with Gasteiger partial charge in [0.25, 0.3) is 0 Å². The molecule has 29 heavy (non-hydrogen) atoms. The lowest BCUT2D eigenvalue weighted by Crippen LogP contribution is -2.53. The lowest BCUT2D eigenvalue weighted by Gasteiger charge is -2.34. The summed E-state index contributed by atoms with van der Waals surface area (Å²) < 4.78 is 64.5. The third-order valence-corrected chi connectivity index (χ3v) is 7.42. The Morgan fingerprint density at radius 3 is 2.24 bits per heavy atom.